The molecule has 0 radical (unpaired) electrons. The normalized spacial score (nSPS) is 21.9. The number of hydrogen-bond acceptors (Lipinski definition) is 11. The molecule has 292 valence electrons. The third-order valence-corrected chi connectivity index (χ3v) is 9.28. The molecule has 0 aromatic rings. The van der Waals surface area contributed by atoms with Crippen LogP contribution < -0.4 is 0 Å². The highest BCUT2D eigenvalue weighted by Gasteiger charge is 2.46. The lowest BCUT2D eigenvalue weighted by Crippen LogP contribution is -2.60. The SMILES string of the molecule is CCCC/C=C/C/C=C/CCCCCCCC(=O)OC[C@H](CO[C@@H]1O[C@@H](CS(=O)(=O)O)[C@H](O)C(O)C1O)OC(=O)CCCCCCCCCC. The van der Waals surface area contributed by atoms with Gasteiger partial charge in [-0.1, -0.05) is 115 Å². The van der Waals surface area contributed by atoms with E-state index in [2.05, 4.69) is 38.2 Å². The largest absolute Gasteiger partial charge is 0.462 e. The van der Waals surface area contributed by atoms with Gasteiger partial charge in [0.2, 0.25) is 0 Å². The predicted octanol–water partition coefficient (Wildman–Crippen LogP) is 6.11. The first kappa shape index (κ1) is 46.2. The summed E-state index contributed by atoms with van der Waals surface area (Å²) in [6.07, 6.45) is 18.3. The fraction of sp³-hybridized carbons (Fsp3) is 0.838. The summed E-state index contributed by atoms with van der Waals surface area (Å²) in [6, 6.07) is 0. The molecular weight excluding hydrogens is 668 g/mol. The van der Waals surface area contributed by atoms with Gasteiger partial charge in [0.15, 0.2) is 12.4 Å². The van der Waals surface area contributed by atoms with Crippen molar-refractivity contribution in [3.63, 3.8) is 0 Å². The summed E-state index contributed by atoms with van der Waals surface area (Å²) in [6.45, 7) is 3.63. The van der Waals surface area contributed by atoms with E-state index in [1.807, 2.05) is 0 Å². The van der Waals surface area contributed by atoms with Crippen molar-refractivity contribution in [3.8, 4) is 0 Å². The van der Waals surface area contributed by atoms with Crippen LogP contribution in [-0.2, 0) is 38.7 Å². The molecule has 0 aromatic heterocycles. The van der Waals surface area contributed by atoms with Gasteiger partial charge < -0.3 is 34.3 Å². The molecule has 6 atom stereocenters. The summed E-state index contributed by atoms with van der Waals surface area (Å²) in [5, 5.41) is 30.7. The minimum absolute atomic E-state index is 0.162. The second-order valence-electron chi connectivity index (χ2n) is 13.2. The monoisotopic (exact) mass is 734 g/mol. The van der Waals surface area contributed by atoms with Gasteiger partial charge in [-0.3, -0.25) is 14.1 Å². The highest BCUT2D eigenvalue weighted by atomic mass is 32.2. The Morgan fingerprint density at radius 2 is 1.22 bits per heavy atom. The molecule has 1 rings (SSSR count). The van der Waals surface area contributed by atoms with Crippen molar-refractivity contribution in [2.75, 3.05) is 19.0 Å². The molecule has 0 aromatic carbocycles. The van der Waals surface area contributed by atoms with Gasteiger partial charge in [-0.05, 0) is 38.5 Å². The number of esters is 2. The van der Waals surface area contributed by atoms with Crippen LogP contribution >= 0.6 is 0 Å². The van der Waals surface area contributed by atoms with E-state index in [0.29, 0.717) is 12.8 Å². The Morgan fingerprint density at radius 3 is 1.82 bits per heavy atom. The Balaban J connectivity index is 2.52. The molecule has 1 aliphatic rings. The van der Waals surface area contributed by atoms with E-state index in [0.717, 1.165) is 64.2 Å². The quantitative estimate of drug-likeness (QED) is 0.0288. The minimum atomic E-state index is -4.59. The number of hydrogen-bond donors (Lipinski definition) is 4. The van der Waals surface area contributed by atoms with E-state index >= 15 is 0 Å². The number of rotatable bonds is 30. The van der Waals surface area contributed by atoms with Crippen LogP contribution in [0.25, 0.3) is 0 Å². The number of aliphatic hydroxyl groups excluding tert-OH is 3. The van der Waals surface area contributed by atoms with E-state index in [4.69, 9.17) is 18.9 Å². The topological polar surface area (TPSA) is 186 Å². The molecule has 4 N–H and O–H groups in total. The Bertz CT molecular complexity index is 1050. The van der Waals surface area contributed by atoms with Gasteiger partial charge in [0, 0.05) is 12.8 Å². The molecule has 13 heteroatoms. The lowest BCUT2D eigenvalue weighted by Gasteiger charge is -2.40. The zero-order valence-electron chi connectivity index (χ0n) is 30.5. The third-order valence-electron chi connectivity index (χ3n) is 8.53. The maximum absolute atomic E-state index is 12.6. The van der Waals surface area contributed by atoms with Gasteiger partial charge in [-0.2, -0.15) is 8.42 Å². The van der Waals surface area contributed by atoms with Crippen molar-refractivity contribution >= 4 is 22.1 Å². The second-order valence-corrected chi connectivity index (χ2v) is 14.7. The smallest absolute Gasteiger partial charge is 0.306 e. The van der Waals surface area contributed by atoms with Crippen molar-refractivity contribution < 1.29 is 56.8 Å². The van der Waals surface area contributed by atoms with Crippen molar-refractivity contribution in [2.45, 2.75) is 179 Å². The fourth-order valence-electron chi connectivity index (χ4n) is 5.51. The zero-order valence-corrected chi connectivity index (χ0v) is 31.3. The molecule has 0 bridgehead atoms. The lowest BCUT2D eigenvalue weighted by atomic mass is 10.00. The summed E-state index contributed by atoms with van der Waals surface area (Å²) in [5.74, 6) is -2.01. The molecule has 1 saturated heterocycles. The average molecular weight is 735 g/mol. The first-order valence-corrected chi connectivity index (χ1v) is 20.5. The van der Waals surface area contributed by atoms with E-state index in [1.165, 1.54) is 38.5 Å². The highest BCUT2D eigenvalue weighted by molar-refractivity contribution is 7.85. The third kappa shape index (κ3) is 23.6. The first-order chi connectivity index (χ1) is 24.0. The van der Waals surface area contributed by atoms with Gasteiger partial charge in [-0.15, -0.1) is 0 Å². The van der Waals surface area contributed by atoms with Crippen LogP contribution in [0.5, 0.6) is 0 Å². The van der Waals surface area contributed by atoms with Crippen LogP contribution in [-0.4, -0.2) is 96.0 Å². The molecule has 50 heavy (non-hydrogen) atoms. The number of ether oxygens (including phenoxy) is 4. The summed E-state index contributed by atoms with van der Waals surface area (Å²) in [7, 11) is -4.59. The summed E-state index contributed by atoms with van der Waals surface area (Å²) >= 11 is 0. The predicted molar refractivity (Wildman–Crippen MR) is 192 cm³/mol. The van der Waals surface area contributed by atoms with E-state index in [1.54, 1.807) is 0 Å². The van der Waals surface area contributed by atoms with Crippen molar-refractivity contribution in [3.05, 3.63) is 24.3 Å². The zero-order chi connectivity index (χ0) is 37.0. The number of aliphatic hydroxyl groups is 3. The Kier molecular flexibility index (Phi) is 26.5. The Hall–Kier alpha value is -1.87. The van der Waals surface area contributed by atoms with E-state index in [-0.39, 0.29) is 19.4 Å². The maximum atomic E-state index is 12.6. The first-order valence-electron chi connectivity index (χ1n) is 18.9. The van der Waals surface area contributed by atoms with Crippen LogP contribution in [0, 0.1) is 0 Å². The van der Waals surface area contributed by atoms with Crippen molar-refractivity contribution in [1.29, 1.82) is 0 Å². The highest BCUT2D eigenvalue weighted by Crippen LogP contribution is 2.24. The van der Waals surface area contributed by atoms with Crippen LogP contribution in [0.1, 0.15) is 142 Å². The van der Waals surface area contributed by atoms with Crippen molar-refractivity contribution in [2.24, 2.45) is 0 Å². The van der Waals surface area contributed by atoms with Gasteiger partial charge >= 0.3 is 11.9 Å². The molecule has 1 fully saturated rings. The molecular formula is C37H66O12S. The molecule has 0 spiro atoms. The van der Waals surface area contributed by atoms with E-state index < -0.39 is 71.2 Å². The molecule has 0 amide bonds. The standard InChI is InChI=1S/C37H66O12S/c1-3-5-7-9-11-13-14-15-16-17-18-20-21-23-25-32(38)46-27-30(48-33(39)26-24-22-19-12-10-8-6-4-2)28-47-37-36(42)35(41)34(40)31(49-37)29-50(43,44)45/h9,11,14-15,30-31,34-37,40-42H,3-8,10,12-13,16-29H2,1-2H3,(H,43,44,45)/b11-9+,15-14+/t30-,31+,34+,35?,36?,37-/m1/s1. The van der Waals surface area contributed by atoms with Crippen molar-refractivity contribution in [1.82, 2.24) is 0 Å². The number of allylic oxidation sites excluding steroid dienone is 4. The van der Waals surface area contributed by atoms with E-state index in [9.17, 15) is 37.9 Å². The van der Waals surface area contributed by atoms with Crippen LogP contribution in [0.4, 0.5) is 0 Å². The average Bonchev–Trinajstić information content (AvgIpc) is 3.07. The number of unbranched alkanes of at least 4 members (excludes halogenated alkanes) is 14. The second kappa shape index (κ2) is 28.7. The molecule has 0 saturated carbocycles. The van der Waals surface area contributed by atoms with Crippen LogP contribution in [0.15, 0.2) is 24.3 Å². The number of carbonyl (C=O) groups excluding carboxylic acids is 2. The van der Waals surface area contributed by atoms with Crippen LogP contribution in [0.2, 0.25) is 0 Å². The Labute approximate surface area is 300 Å². The molecule has 2 unspecified atom stereocenters. The fourth-order valence-corrected chi connectivity index (χ4v) is 6.21. The van der Waals surface area contributed by atoms with Gasteiger partial charge in [0.1, 0.15) is 36.8 Å². The summed E-state index contributed by atoms with van der Waals surface area (Å²) in [4.78, 5) is 25.1. The Morgan fingerprint density at radius 1 is 0.680 bits per heavy atom. The molecule has 1 aliphatic heterocycles. The molecule has 0 aliphatic carbocycles. The van der Waals surface area contributed by atoms with Gasteiger partial charge in [0.05, 0.1) is 6.61 Å². The van der Waals surface area contributed by atoms with Crippen LogP contribution in [0.3, 0.4) is 0 Å². The summed E-state index contributed by atoms with van der Waals surface area (Å²) in [5.41, 5.74) is 0. The maximum Gasteiger partial charge on any atom is 0.306 e. The lowest BCUT2D eigenvalue weighted by molar-refractivity contribution is -0.297. The van der Waals surface area contributed by atoms with Gasteiger partial charge in [0.25, 0.3) is 10.1 Å². The molecule has 1 heterocycles. The minimum Gasteiger partial charge on any atom is -0.462 e. The summed E-state index contributed by atoms with van der Waals surface area (Å²) < 4.78 is 53.7. The molecule has 12 nitrogen and oxygen atoms in total. The van der Waals surface area contributed by atoms with Gasteiger partial charge in [-0.25, -0.2) is 0 Å². The number of carbonyl (C=O) groups is 2.